The molecule has 1 aliphatic rings. The van der Waals surface area contributed by atoms with Crippen LogP contribution in [0, 0.1) is 0 Å². The van der Waals surface area contributed by atoms with Crippen LogP contribution in [-0.4, -0.2) is 54.7 Å². The maximum absolute atomic E-state index is 12.9. The van der Waals surface area contributed by atoms with Crippen LogP contribution in [-0.2, 0) is 0 Å². The van der Waals surface area contributed by atoms with E-state index in [0.29, 0.717) is 31.9 Å². The number of fused-ring (bicyclic) bond motifs is 1. The molecule has 0 bridgehead atoms. The fraction of sp³-hybridized carbons (Fsp3) is 0.333. The number of aromatic nitrogens is 1. The van der Waals surface area contributed by atoms with Crippen LogP contribution >= 0.6 is 0 Å². The van der Waals surface area contributed by atoms with Crippen LogP contribution < -0.4 is 10.1 Å². The Labute approximate surface area is 175 Å². The van der Waals surface area contributed by atoms with Gasteiger partial charge in [-0.2, -0.15) is 0 Å². The van der Waals surface area contributed by atoms with E-state index in [2.05, 4.69) is 15.2 Å². The highest BCUT2D eigenvalue weighted by molar-refractivity contribution is 6.06. The van der Waals surface area contributed by atoms with Gasteiger partial charge in [-0.3, -0.25) is 9.69 Å². The molecular weight excluding hydrogens is 381 g/mol. The summed E-state index contributed by atoms with van der Waals surface area (Å²) in [6.45, 7) is 4.90. The van der Waals surface area contributed by atoms with Crippen molar-refractivity contribution in [3.05, 3.63) is 60.3 Å². The van der Waals surface area contributed by atoms with Gasteiger partial charge in [-0.1, -0.05) is 24.3 Å². The van der Waals surface area contributed by atoms with Gasteiger partial charge in [0, 0.05) is 37.1 Å². The normalized spacial score (nSPS) is 14.5. The third-order valence-electron chi connectivity index (χ3n) is 5.27. The molecule has 1 amide bonds. The molecule has 0 radical (unpaired) electrons. The Bertz CT molecular complexity index is 1020. The Morgan fingerprint density at radius 3 is 2.70 bits per heavy atom. The van der Waals surface area contributed by atoms with Crippen molar-refractivity contribution in [2.24, 2.45) is 0 Å². The van der Waals surface area contributed by atoms with Crippen molar-refractivity contribution < 1.29 is 13.9 Å². The van der Waals surface area contributed by atoms with Crippen LogP contribution in [0.3, 0.4) is 0 Å². The number of hydrogen-bond acceptors (Lipinski definition) is 4. The number of pyridine rings is 1. The number of amides is 1. The molecule has 0 aliphatic carbocycles. The van der Waals surface area contributed by atoms with Gasteiger partial charge in [0.2, 0.25) is 0 Å². The first-order valence-electron chi connectivity index (χ1n) is 10.4. The van der Waals surface area contributed by atoms with E-state index in [1.807, 2.05) is 61.5 Å². The Morgan fingerprint density at radius 2 is 1.97 bits per heavy atom. The van der Waals surface area contributed by atoms with Crippen molar-refractivity contribution >= 4 is 16.7 Å². The van der Waals surface area contributed by atoms with Crippen LogP contribution in [0.15, 0.2) is 54.6 Å². The monoisotopic (exact) mass is 407 g/mol. The predicted octanol–water partition coefficient (Wildman–Crippen LogP) is 4.07. The SMILES string of the molecule is CCOc1ccc(-c2cc3ccccc3c(C(=O)NCCCN3CC(F)C3)n2)cc1. The van der Waals surface area contributed by atoms with Crippen LogP contribution in [0.25, 0.3) is 22.0 Å². The largest absolute Gasteiger partial charge is 0.494 e. The van der Waals surface area contributed by atoms with Gasteiger partial charge in [-0.15, -0.1) is 0 Å². The molecule has 0 unspecified atom stereocenters. The van der Waals surface area contributed by atoms with Crippen LogP contribution in [0.2, 0.25) is 0 Å². The van der Waals surface area contributed by atoms with Gasteiger partial charge >= 0.3 is 0 Å². The van der Waals surface area contributed by atoms with Crippen LogP contribution in [0.1, 0.15) is 23.8 Å². The van der Waals surface area contributed by atoms with Gasteiger partial charge in [0.15, 0.2) is 0 Å². The number of alkyl halides is 1. The number of benzene rings is 2. The van der Waals surface area contributed by atoms with Gasteiger partial charge in [-0.25, -0.2) is 9.37 Å². The second kappa shape index (κ2) is 9.22. The third kappa shape index (κ3) is 4.60. The summed E-state index contributed by atoms with van der Waals surface area (Å²) < 4.78 is 18.4. The third-order valence-corrected chi connectivity index (χ3v) is 5.27. The molecule has 1 saturated heterocycles. The lowest BCUT2D eigenvalue weighted by Gasteiger charge is -2.34. The lowest BCUT2D eigenvalue weighted by atomic mass is 10.0. The number of carbonyl (C=O) groups excluding carboxylic acids is 1. The van der Waals surface area contributed by atoms with Crippen molar-refractivity contribution in [1.29, 1.82) is 0 Å². The topological polar surface area (TPSA) is 54.5 Å². The van der Waals surface area contributed by atoms with E-state index in [9.17, 15) is 9.18 Å². The first-order valence-corrected chi connectivity index (χ1v) is 10.4. The van der Waals surface area contributed by atoms with E-state index in [4.69, 9.17) is 4.74 Å². The minimum Gasteiger partial charge on any atom is -0.494 e. The summed E-state index contributed by atoms with van der Waals surface area (Å²) in [5.74, 6) is 0.618. The molecule has 3 aromatic rings. The summed E-state index contributed by atoms with van der Waals surface area (Å²) in [7, 11) is 0. The van der Waals surface area contributed by atoms with E-state index in [0.717, 1.165) is 40.7 Å². The fourth-order valence-corrected chi connectivity index (χ4v) is 3.69. The number of halogens is 1. The van der Waals surface area contributed by atoms with Crippen molar-refractivity contribution in [1.82, 2.24) is 15.2 Å². The molecule has 6 heteroatoms. The standard InChI is InChI=1S/C24H26FN3O2/c1-2-30-20-10-8-17(9-11-20)22-14-18-6-3-4-7-21(18)23(27-22)24(29)26-12-5-13-28-15-19(25)16-28/h3-4,6-11,14,19H,2,5,12-13,15-16H2,1H3,(H,26,29). The van der Waals surface area contributed by atoms with E-state index < -0.39 is 6.17 Å². The van der Waals surface area contributed by atoms with Crippen LogP contribution in [0.4, 0.5) is 4.39 Å². The average Bonchev–Trinajstić information content (AvgIpc) is 2.75. The zero-order valence-corrected chi connectivity index (χ0v) is 17.1. The minimum atomic E-state index is -0.694. The first-order chi connectivity index (χ1) is 14.6. The highest BCUT2D eigenvalue weighted by Gasteiger charge is 2.25. The molecule has 2 aromatic carbocycles. The summed E-state index contributed by atoms with van der Waals surface area (Å²) >= 11 is 0. The molecule has 2 heterocycles. The zero-order chi connectivity index (χ0) is 20.9. The Balaban J connectivity index is 1.51. The molecule has 0 saturated carbocycles. The summed E-state index contributed by atoms with van der Waals surface area (Å²) in [5, 5.41) is 4.76. The number of nitrogens with one attached hydrogen (secondary N) is 1. The Kier molecular flexibility index (Phi) is 6.23. The second-order valence-electron chi connectivity index (χ2n) is 7.50. The van der Waals surface area contributed by atoms with E-state index in [1.54, 1.807) is 0 Å². The number of likely N-dealkylation sites (tertiary alicyclic amines) is 1. The Morgan fingerprint density at radius 1 is 1.20 bits per heavy atom. The smallest absolute Gasteiger partial charge is 0.270 e. The molecule has 0 atom stereocenters. The molecule has 1 fully saturated rings. The predicted molar refractivity (Wildman–Crippen MR) is 117 cm³/mol. The van der Waals surface area contributed by atoms with Gasteiger partial charge < -0.3 is 10.1 Å². The summed E-state index contributed by atoms with van der Waals surface area (Å²) in [6.07, 6.45) is 0.0927. The number of rotatable bonds is 8. The van der Waals surface area contributed by atoms with Gasteiger partial charge in [0.05, 0.1) is 12.3 Å². The minimum absolute atomic E-state index is 0.189. The number of ether oxygens (including phenoxy) is 1. The van der Waals surface area contributed by atoms with Gasteiger partial charge in [0.1, 0.15) is 17.6 Å². The molecular formula is C24H26FN3O2. The number of carbonyl (C=O) groups is 1. The molecule has 156 valence electrons. The molecule has 4 rings (SSSR count). The van der Waals surface area contributed by atoms with Gasteiger partial charge in [0.25, 0.3) is 5.91 Å². The van der Waals surface area contributed by atoms with Crippen molar-refractivity contribution in [2.75, 3.05) is 32.8 Å². The molecule has 1 aliphatic heterocycles. The lowest BCUT2D eigenvalue weighted by molar-refractivity contribution is 0.0645. The maximum atomic E-state index is 12.9. The molecule has 5 nitrogen and oxygen atoms in total. The first kappa shape index (κ1) is 20.3. The van der Waals surface area contributed by atoms with Gasteiger partial charge in [-0.05, 0) is 49.1 Å². The van der Waals surface area contributed by atoms with Crippen molar-refractivity contribution in [3.8, 4) is 17.0 Å². The second-order valence-corrected chi connectivity index (χ2v) is 7.50. The van der Waals surface area contributed by atoms with Crippen molar-refractivity contribution in [3.63, 3.8) is 0 Å². The summed E-state index contributed by atoms with van der Waals surface area (Å²) in [5.41, 5.74) is 2.10. The molecule has 1 aromatic heterocycles. The number of nitrogens with zero attached hydrogens (tertiary/aromatic N) is 2. The summed E-state index contributed by atoms with van der Waals surface area (Å²) in [6, 6.07) is 17.5. The Hall–Kier alpha value is -2.99. The average molecular weight is 407 g/mol. The van der Waals surface area contributed by atoms with E-state index in [1.165, 1.54) is 0 Å². The van der Waals surface area contributed by atoms with E-state index in [-0.39, 0.29) is 5.91 Å². The van der Waals surface area contributed by atoms with Crippen molar-refractivity contribution in [2.45, 2.75) is 19.5 Å². The quantitative estimate of drug-likeness (QED) is 0.572. The maximum Gasteiger partial charge on any atom is 0.270 e. The molecule has 30 heavy (non-hydrogen) atoms. The lowest BCUT2D eigenvalue weighted by Crippen LogP contribution is -2.49. The number of hydrogen-bond donors (Lipinski definition) is 1. The van der Waals surface area contributed by atoms with Crippen LogP contribution in [0.5, 0.6) is 5.75 Å². The molecule has 0 spiro atoms. The summed E-state index contributed by atoms with van der Waals surface area (Å²) in [4.78, 5) is 19.6. The zero-order valence-electron chi connectivity index (χ0n) is 17.1. The van der Waals surface area contributed by atoms with E-state index >= 15 is 0 Å². The fourth-order valence-electron chi connectivity index (χ4n) is 3.69. The highest BCUT2D eigenvalue weighted by atomic mass is 19.1. The molecule has 1 N–H and O–H groups in total. The highest BCUT2D eigenvalue weighted by Crippen LogP contribution is 2.26.